The largest absolute Gasteiger partial charge is 0.318 e. The zero-order valence-corrected chi connectivity index (χ0v) is 12.9. The van der Waals surface area contributed by atoms with Crippen LogP contribution < -0.4 is 16.6 Å². The highest BCUT2D eigenvalue weighted by Crippen LogP contribution is 2.23. The van der Waals surface area contributed by atoms with Crippen LogP contribution in [0.15, 0.2) is 36.4 Å². The maximum Gasteiger partial charge on any atom is 0.238 e. The van der Waals surface area contributed by atoms with Crippen LogP contribution in [0.5, 0.6) is 0 Å². The van der Waals surface area contributed by atoms with Crippen LogP contribution in [-0.2, 0) is 16.0 Å². The van der Waals surface area contributed by atoms with Crippen LogP contribution in [0.3, 0.4) is 0 Å². The van der Waals surface area contributed by atoms with Crippen molar-refractivity contribution in [3.8, 4) is 0 Å². The molecule has 1 aromatic carbocycles. The summed E-state index contributed by atoms with van der Waals surface area (Å²) >= 11 is 1.51. The van der Waals surface area contributed by atoms with Crippen molar-refractivity contribution in [2.45, 2.75) is 13.3 Å². The van der Waals surface area contributed by atoms with Crippen molar-refractivity contribution in [2.24, 2.45) is 5.84 Å². The van der Waals surface area contributed by atoms with Crippen molar-refractivity contribution in [3.05, 3.63) is 52.4 Å². The van der Waals surface area contributed by atoms with Crippen molar-refractivity contribution >= 4 is 40.3 Å². The summed E-state index contributed by atoms with van der Waals surface area (Å²) in [6.45, 7) is 1.49. The molecule has 0 bridgehead atoms. The maximum atomic E-state index is 11.2. The second-order valence-electron chi connectivity index (χ2n) is 4.70. The highest BCUT2D eigenvalue weighted by molar-refractivity contribution is 7.17. The highest BCUT2D eigenvalue weighted by atomic mass is 32.1. The fraction of sp³-hybridized carbons (Fsp3) is 0.125. The molecule has 6 heteroatoms. The molecule has 22 heavy (non-hydrogen) atoms. The molecule has 0 aliphatic rings. The van der Waals surface area contributed by atoms with Gasteiger partial charge in [-0.15, -0.1) is 11.3 Å². The molecule has 1 aromatic heterocycles. The van der Waals surface area contributed by atoms with E-state index >= 15 is 0 Å². The highest BCUT2D eigenvalue weighted by Gasteiger charge is 2.01. The number of benzene rings is 1. The first-order valence-electron chi connectivity index (χ1n) is 6.71. The summed E-state index contributed by atoms with van der Waals surface area (Å²) in [5.41, 5.74) is 4.05. The molecular weight excluding hydrogens is 298 g/mol. The Morgan fingerprint density at radius 1 is 1.14 bits per heavy atom. The molecule has 2 amide bonds. The van der Waals surface area contributed by atoms with Gasteiger partial charge in [0.25, 0.3) is 0 Å². The molecule has 0 fully saturated rings. The lowest BCUT2D eigenvalue weighted by molar-refractivity contribution is -0.120. The molecule has 0 spiro atoms. The van der Waals surface area contributed by atoms with Gasteiger partial charge in [0.1, 0.15) is 0 Å². The predicted molar refractivity (Wildman–Crippen MR) is 90.0 cm³/mol. The standard InChI is InChI=1S/C16H17N3O2S/c1-11(20)18-16-9-8-14(22-16)7-6-12-2-4-13(5-3-12)10-15(21)19-17/h2-9H,10,17H2,1H3,(H,18,20)(H,19,21). The minimum absolute atomic E-state index is 0.0746. The number of nitrogens with two attached hydrogens (primary N) is 1. The first-order valence-corrected chi connectivity index (χ1v) is 7.52. The lowest BCUT2D eigenvalue weighted by Crippen LogP contribution is -2.31. The van der Waals surface area contributed by atoms with E-state index in [2.05, 4.69) is 10.7 Å². The molecule has 0 aliphatic carbocycles. The van der Waals surface area contributed by atoms with Gasteiger partial charge in [-0.25, -0.2) is 5.84 Å². The second-order valence-corrected chi connectivity index (χ2v) is 5.82. The van der Waals surface area contributed by atoms with Crippen LogP contribution in [0, 0.1) is 0 Å². The number of carbonyl (C=O) groups is 2. The van der Waals surface area contributed by atoms with Crippen LogP contribution >= 0.6 is 11.3 Å². The van der Waals surface area contributed by atoms with E-state index in [1.165, 1.54) is 18.3 Å². The Balaban J connectivity index is 1.99. The Labute approximate surface area is 132 Å². The van der Waals surface area contributed by atoms with Crippen molar-refractivity contribution in [1.82, 2.24) is 5.43 Å². The smallest absolute Gasteiger partial charge is 0.238 e. The van der Waals surface area contributed by atoms with Gasteiger partial charge in [-0.2, -0.15) is 0 Å². The van der Waals surface area contributed by atoms with Gasteiger partial charge in [-0.1, -0.05) is 30.3 Å². The SMILES string of the molecule is CC(=O)Nc1ccc(C=Cc2ccc(CC(=O)NN)cc2)s1. The van der Waals surface area contributed by atoms with Gasteiger partial charge < -0.3 is 5.32 Å². The molecule has 0 atom stereocenters. The van der Waals surface area contributed by atoms with Crippen LogP contribution in [0.2, 0.25) is 0 Å². The number of carbonyl (C=O) groups excluding carboxylic acids is 2. The van der Waals surface area contributed by atoms with E-state index in [-0.39, 0.29) is 18.2 Å². The van der Waals surface area contributed by atoms with Gasteiger partial charge in [0, 0.05) is 11.8 Å². The Hall–Kier alpha value is -2.44. The first-order chi connectivity index (χ1) is 10.6. The van der Waals surface area contributed by atoms with Gasteiger partial charge >= 0.3 is 0 Å². The minimum atomic E-state index is -0.215. The topological polar surface area (TPSA) is 84.2 Å². The van der Waals surface area contributed by atoms with Gasteiger partial charge in [0.05, 0.1) is 11.4 Å². The number of anilines is 1. The van der Waals surface area contributed by atoms with E-state index < -0.39 is 0 Å². The number of hydrazine groups is 1. The summed E-state index contributed by atoms with van der Waals surface area (Å²) in [4.78, 5) is 23.2. The summed E-state index contributed by atoms with van der Waals surface area (Å²) in [6, 6.07) is 11.5. The number of rotatable bonds is 5. The lowest BCUT2D eigenvalue weighted by atomic mass is 10.1. The maximum absolute atomic E-state index is 11.2. The average Bonchev–Trinajstić information content (AvgIpc) is 2.93. The predicted octanol–water partition coefficient (Wildman–Crippen LogP) is 2.41. The van der Waals surface area contributed by atoms with Gasteiger partial charge in [-0.3, -0.25) is 15.0 Å². The zero-order valence-electron chi connectivity index (χ0n) is 12.1. The third-order valence-corrected chi connectivity index (χ3v) is 3.84. The lowest BCUT2D eigenvalue weighted by Gasteiger charge is -2.00. The molecule has 0 radical (unpaired) electrons. The van der Waals surface area contributed by atoms with Gasteiger partial charge in [-0.05, 0) is 29.3 Å². The minimum Gasteiger partial charge on any atom is -0.318 e. The van der Waals surface area contributed by atoms with Crippen molar-refractivity contribution < 1.29 is 9.59 Å². The molecule has 5 nitrogen and oxygen atoms in total. The van der Waals surface area contributed by atoms with E-state index in [0.29, 0.717) is 0 Å². The number of amides is 2. The Kier molecular flexibility index (Phi) is 5.46. The van der Waals surface area contributed by atoms with Gasteiger partial charge in [0.2, 0.25) is 11.8 Å². The first kappa shape index (κ1) is 15.9. The van der Waals surface area contributed by atoms with E-state index in [0.717, 1.165) is 21.0 Å². The number of nitrogens with one attached hydrogen (secondary N) is 2. The number of hydrogen-bond donors (Lipinski definition) is 3. The molecular formula is C16H17N3O2S. The summed E-state index contributed by atoms with van der Waals surface area (Å²) < 4.78 is 0. The Morgan fingerprint density at radius 2 is 1.86 bits per heavy atom. The van der Waals surface area contributed by atoms with Gasteiger partial charge in [0.15, 0.2) is 0 Å². The monoisotopic (exact) mass is 315 g/mol. The summed E-state index contributed by atoms with van der Waals surface area (Å²) in [5, 5.41) is 3.58. The molecule has 1 heterocycles. The van der Waals surface area contributed by atoms with Crippen LogP contribution in [0.1, 0.15) is 22.9 Å². The van der Waals surface area contributed by atoms with Crippen LogP contribution in [0.4, 0.5) is 5.00 Å². The van der Waals surface area contributed by atoms with Crippen molar-refractivity contribution in [2.75, 3.05) is 5.32 Å². The molecule has 0 unspecified atom stereocenters. The second kappa shape index (κ2) is 7.53. The van der Waals surface area contributed by atoms with Crippen LogP contribution in [0.25, 0.3) is 12.2 Å². The Morgan fingerprint density at radius 3 is 2.50 bits per heavy atom. The van der Waals surface area contributed by atoms with Crippen LogP contribution in [-0.4, -0.2) is 11.8 Å². The average molecular weight is 315 g/mol. The fourth-order valence-electron chi connectivity index (χ4n) is 1.84. The molecule has 114 valence electrons. The molecule has 2 rings (SSSR count). The number of thiophene rings is 1. The van der Waals surface area contributed by atoms with Crippen molar-refractivity contribution in [3.63, 3.8) is 0 Å². The molecule has 0 aliphatic heterocycles. The summed E-state index contributed by atoms with van der Waals surface area (Å²) in [6.07, 6.45) is 4.24. The molecule has 0 saturated carbocycles. The number of hydrogen-bond acceptors (Lipinski definition) is 4. The van der Waals surface area contributed by atoms with Crippen molar-refractivity contribution in [1.29, 1.82) is 0 Å². The van der Waals surface area contributed by atoms with E-state index in [1.54, 1.807) is 0 Å². The quantitative estimate of drug-likeness (QED) is 0.450. The third-order valence-electron chi connectivity index (χ3n) is 2.87. The summed E-state index contributed by atoms with van der Waals surface area (Å²) in [7, 11) is 0. The molecule has 2 aromatic rings. The van der Waals surface area contributed by atoms with E-state index in [4.69, 9.17) is 5.84 Å². The Bertz CT molecular complexity index is 690. The fourth-order valence-corrected chi connectivity index (χ4v) is 2.70. The van der Waals surface area contributed by atoms with E-state index in [9.17, 15) is 9.59 Å². The summed E-state index contributed by atoms with van der Waals surface area (Å²) in [5.74, 6) is 4.77. The molecule has 4 N–H and O–H groups in total. The normalized spacial score (nSPS) is 10.6. The third kappa shape index (κ3) is 4.83. The zero-order chi connectivity index (χ0) is 15.9. The van der Waals surface area contributed by atoms with E-state index in [1.807, 2.05) is 48.6 Å². The molecule has 0 saturated heterocycles.